The molecule has 5 heteroatoms. The molecule has 0 bridgehead atoms. The number of hydrogen-bond acceptors (Lipinski definition) is 4. The second-order valence-electron chi connectivity index (χ2n) is 7.82. The van der Waals surface area contributed by atoms with Gasteiger partial charge in [-0.1, -0.05) is 34.1 Å². The molecule has 0 saturated carbocycles. The van der Waals surface area contributed by atoms with E-state index in [9.17, 15) is 9.59 Å². The van der Waals surface area contributed by atoms with Gasteiger partial charge in [0.05, 0.1) is 6.10 Å². The second-order valence-corrected chi connectivity index (χ2v) is 7.82. The minimum absolute atomic E-state index is 0.00458. The molecule has 2 heterocycles. The molecule has 0 aromatic carbocycles. The van der Waals surface area contributed by atoms with Gasteiger partial charge in [-0.15, -0.1) is 0 Å². The van der Waals surface area contributed by atoms with Crippen LogP contribution in [0, 0.1) is 11.3 Å². The molecule has 2 saturated heterocycles. The molecule has 0 spiro atoms. The SMILES string of the molecule is CCC(C)(C)C(C)CC(=O)NC1C(=O)COC1CN1CCCC1. The summed E-state index contributed by atoms with van der Waals surface area (Å²) in [7, 11) is 0. The Labute approximate surface area is 140 Å². The highest BCUT2D eigenvalue weighted by Crippen LogP contribution is 2.32. The van der Waals surface area contributed by atoms with Crippen molar-refractivity contribution >= 4 is 11.7 Å². The highest BCUT2D eigenvalue weighted by atomic mass is 16.5. The number of ketones is 1. The first-order chi connectivity index (χ1) is 10.8. The van der Waals surface area contributed by atoms with Crippen LogP contribution in [0.4, 0.5) is 0 Å². The minimum atomic E-state index is -0.472. The number of carbonyl (C=O) groups is 2. The van der Waals surface area contributed by atoms with E-state index >= 15 is 0 Å². The lowest BCUT2D eigenvalue weighted by atomic mass is 9.76. The lowest BCUT2D eigenvalue weighted by Crippen LogP contribution is -2.49. The standard InChI is InChI=1S/C18H32N2O3/c1-5-18(3,4)13(2)10-16(22)19-17-14(21)12-23-15(17)11-20-8-6-7-9-20/h13,15,17H,5-12H2,1-4H3,(H,19,22). The monoisotopic (exact) mass is 324 g/mol. The van der Waals surface area contributed by atoms with E-state index in [1.807, 2.05) is 0 Å². The van der Waals surface area contributed by atoms with Crippen molar-refractivity contribution in [3.05, 3.63) is 0 Å². The smallest absolute Gasteiger partial charge is 0.220 e. The van der Waals surface area contributed by atoms with Crippen molar-refractivity contribution in [2.75, 3.05) is 26.2 Å². The Kier molecular flexibility index (Phi) is 6.20. The van der Waals surface area contributed by atoms with Crippen LogP contribution >= 0.6 is 0 Å². The first-order valence-corrected chi connectivity index (χ1v) is 8.99. The van der Waals surface area contributed by atoms with Crippen LogP contribution < -0.4 is 5.32 Å². The Bertz CT molecular complexity index is 430. The van der Waals surface area contributed by atoms with Crippen LogP contribution in [-0.2, 0) is 14.3 Å². The second kappa shape index (κ2) is 7.75. The van der Waals surface area contributed by atoms with E-state index in [0.29, 0.717) is 6.42 Å². The van der Waals surface area contributed by atoms with Crippen LogP contribution in [0.3, 0.4) is 0 Å². The fourth-order valence-corrected chi connectivity index (χ4v) is 3.27. The summed E-state index contributed by atoms with van der Waals surface area (Å²) in [6, 6.07) is -0.472. The van der Waals surface area contributed by atoms with E-state index in [2.05, 4.69) is 37.9 Å². The first kappa shape index (κ1) is 18.4. The normalized spacial score (nSPS) is 27.4. The Balaban J connectivity index is 1.88. The molecule has 132 valence electrons. The number of ether oxygens (including phenoxy) is 1. The summed E-state index contributed by atoms with van der Waals surface area (Å²) in [5, 5.41) is 2.94. The first-order valence-electron chi connectivity index (χ1n) is 8.99. The fraction of sp³-hybridized carbons (Fsp3) is 0.889. The van der Waals surface area contributed by atoms with Crippen LogP contribution in [0.5, 0.6) is 0 Å². The summed E-state index contributed by atoms with van der Waals surface area (Å²) in [5.41, 5.74) is 0.127. The lowest BCUT2D eigenvalue weighted by Gasteiger charge is -2.31. The molecule has 0 aliphatic carbocycles. The molecule has 1 amide bonds. The van der Waals surface area contributed by atoms with E-state index in [0.717, 1.165) is 26.1 Å². The maximum absolute atomic E-state index is 12.4. The van der Waals surface area contributed by atoms with Crippen LogP contribution in [0.25, 0.3) is 0 Å². The molecule has 3 unspecified atom stereocenters. The van der Waals surface area contributed by atoms with E-state index in [1.54, 1.807) is 0 Å². The number of Topliss-reactive ketones (excluding diaryl/α,β-unsaturated/α-hetero) is 1. The highest BCUT2D eigenvalue weighted by Gasteiger charge is 2.38. The van der Waals surface area contributed by atoms with Gasteiger partial charge in [-0.05, 0) is 37.3 Å². The van der Waals surface area contributed by atoms with Crippen LogP contribution in [-0.4, -0.2) is 55.0 Å². The van der Waals surface area contributed by atoms with Gasteiger partial charge in [-0.3, -0.25) is 9.59 Å². The molecule has 2 aliphatic heterocycles. The predicted octanol–water partition coefficient (Wildman–Crippen LogP) is 2.00. The third kappa shape index (κ3) is 4.77. The zero-order valence-corrected chi connectivity index (χ0v) is 15.1. The molecule has 5 nitrogen and oxygen atoms in total. The summed E-state index contributed by atoms with van der Waals surface area (Å²) in [6.07, 6.45) is 3.72. The zero-order valence-electron chi connectivity index (χ0n) is 15.1. The van der Waals surface area contributed by atoms with Crippen LogP contribution in [0.15, 0.2) is 0 Å². The number of carbonyl (C=O) groups excluding carboxylic acids is 2. The summed E-state index contributed by atoms with van der Waals surface area (Å²) in [5.74, 6) is 0.251. The third-order valence-corrected chi connectivity index (χ3v) is 5.85. The van der Waals surface area contributed by atoms with E-state index in [4.69, 9.17) is 4.74 Å². The Hall–Kier alpha value is -0.940. The van der Waals surface area contributed by atoms with Gasteiger partial charge in [-0.25, -0.2) is 0 Å². The van der Waals surface area contributed by atoms with Crippen molar-refractivity contribution in [2.24, 2.45) is 11.3 Å². The van der Waals surface area contributed by atoms with Gasteiger partial charge >= 0.3 is 0 Å². The summed E-state index contributed by atoms with van der Waals surface area (Å²) >= 11 is 0. The van der Waals surface area contributed by atoms with Crippen molar-refractivity contribution in [1.82, 2.24) is 10.2 Å². The third-order valence-electron chi connectivity index (χ3n) is 5.85. The van der Waals surface area contributed by atoms with E-state index in [-0.39, 0.29) is 35.7 Å². The van der Waals surface area contributed by atoms with E-state index < -0.39 is 6.04 Å². The van der Waals surface area contributed by atoms with Crippen LogP contribution in [0.2, 0.25) is 0 Å². The Morgan fingerprint density at radius 2 is 2.04 bits per heavy atom. The minimum Gasteiger partial charge on any atom is -0.366 e. The van der Waals surface area contributed by atoms with Gasteiger partial charge in [0.2, 0.25) is 5.91 Å². The number of amides is 1. The number of hydrogen-bond donors (Lipinski definition) is 1. The summed E-state index contributed by atoms with van der Waals surface area (Å²) in [6.45, 7) is 11.6. The molecular formula is C18H32N2O3. The van der Waals surface area contributed by atoms with Crippen molar-refractivity contribution in [2.45, 2.75) is 65.5 Å². The van der Waals surface area contributed by atoms with Crippen molar-refractivity contribution in [3.8, 4) is 0 Å². The average Bonchev–Trinajstić information content (AvgIpc) is 3.12. The number of likely N-dealkylation sites (tertiary alicyclic amines) is 1. The molecule has 2 rings (SSSR count). The van der Waals surface area contributed by atoms with Gasteiger partial charge < -0.3 is 15.0 Å². The molecule has 0 aromatic heterocycles. The average molecular weight is 324 g/mol. The maximum Gasteiger partial charge on any atom is 0.220 e. The summed E-state index contributed by atoms with van der Waals surface area (Å²) in [4.78, 5) is 26.8. The summed E-state index contributed by atoms with van der Waals surface area (Å²) < 4.78 is 5.63. The Morgan fingerprint density at radius 3 is 2.65 bits per heavy atom. The highest BCUT2D eigenvalue weighted by molar-refractivity contribution is 5.91. The molecule has 0 aromatic rings. The van der Waals surface area contributed by atoms with Gasteiger partial charge in [-0.2, -0.15) is 0 Å². The van der Waals surface area contributed by atoms with E-state index in [1.165, 1.54) is 12.8 Å². The van der Waals surface area contributed by atoms with Crippen molar-refractivity contribution in [3.63, 3.8) is 0 Å². The number of rotatable bonds is 7. The van der Waals surface area contributed by atoms with Gasteiger partial charge in [0.1, 0.15) is 12.6 Å². The molecule has 0 radical (unpaired) electrons. The predicted molar refractivity (Wildman–Crippen MR) is 90.2 cm³/mol. The molecule has 23 heavy (non-hydrogen) atoms. The molecule has 3 atom stereocenters. The van der Waals surface area contributed by atoms with Gasteiger partial charge in [0, 0.05) is 13.0 Å². The molecule has 1 N–H and O–H groups in total. The molecule has 2 fully saturated rings. The zero-order chi connectivity index (χ0) is 17.0. The molecule has 2 aliphatic rings. The maximum atomic E-state index is 12.4. The van der Waals surface area contributed by atoms with Crippen molar-refractivity contribution in [1.29, 1.82) is 0 Å². The Morgan fingerprint density at radius 1 is 1.39 bits per heavy atom. The number of nitrogens with zero attached hydrogens (tertiary/aromatic N) is 1. The quantitative estimate of drug-likeness (QED) is 0.778. The van der Waals surface area contributed by atoms with Gasteiger partial charge in [0.15, 0.2) is 5.78 Å². The largest absolute Gasteiger partial charge is 0.366 e. The van der Waals surface area contributed by atoms with Gasteiger partial charge in [0.25, 0.3) is 0 Å². The number of nitrogens with one attached hydrogen (secondary N) is 1. The molecular weight excluding hydrogens is 292 g/mol. The lowest BCUT2D eigenvalue weighted by molar-refractivity contribution is -0.127. The van der Waals surface area contributed by atoms with Crippen molar-refractivity contribution < 1.29 is 14.3 Å². The van der Waals surface area contributed by atoms with Crippen LogP contribution in [0.1, 0.15) is 53.4 Å². The fourth-order valence-electron chi connectivity index (χ4n) is 3.27. The topological polar surface area (TPSA) is 58.6 Å².